The summed E-state index contributed by atoms with van der Waals surface area (Å²) >= 11 is 0. The highest BCUT2D eigenvalue weighted by atomic mass is 16.2. The maximum atomic E-state index is 12.5. The van der Waals surface area contributed by atoms with E-state index < -0.39 is 0 Å². The number of carbonyl (C=O) groups is 1. The largest absolute Gasteiger partial charge is 0.336 e. The van der Waals surface area contributed by atoms with E-state index >= 15 is 0 Å². The molecule has 1 aliphatic heterocycles. The van der Waals surface area contributed by atoms with Crippen LogP contribution >= 0.6 is 0 Å². The number of aryl methyl sites for hydroxylation is 1. The van der Waals surface area contributed by atoms with Crippen LogP contribution in [0.2, 0.25) is 0 Å². The number of hydrogen-bond acceptors (Lipinski definition) is 4. The number of aromatic nitrogens is 1. The first kappa shape index (κ1) is 16.2. The number of rotatable bonds is 3. The number of hydrogen-bond donors (Lipinski definition) is 0. The highest BCUT2D eigenvalue weighted by Gasteiger charge is 2.27. The van der Waals surface area contributed by atoms with Crippen molar-refractivity contribution >= 4 is 5.91 Å². The van der Waals surface area contributed by atoms with E-state index in [2.05, 4.69) is 16.0 Å². The summed E-state index contributed by atoms with van der Waals surface area (Å²) < 4.78 is 0. The van der Waals surface area contributed by atoms with Gasteiger partial charge < -0.3 is 4.90 Å². The zero-order valence-electron chi connectivity index (χ0n) is 13.7. The van der Waals surface area contributed by atoms with Crippen molar-refractivity contribution < 1.29 is 4.79 Å². The molecule has 0 aliphatic carbocycles. The molecule has 0 bridgehead atoms. The van der Waals surface area contributed by atoms with Gasteiger partial charge in [0.2, 0.25) is 0 Å². The maximum absolute atomic E-state index is 12.5. The fourth-order valence-electron chi connectivity index (χ4n) is 2.97. The van der Waals surface area contributed by atoms with Crippen LogP contribution in [0, 0.1) is 18.3 Å². The molecule has 24 heavy (non-hydrogen) atoms. The van der Waals surface area contributed by atoms with Crippen LogP contribution in [0.5, 0.6) is 0 Å². The smallest absolute Gasteiger partial charge is 0.255 e. The molecule has 2 heterocycles. The molecule has 1 fully saturated rings. The molecule has 3 rings (SSSR count). The highest BCUT2D eigenvalue weighted by Crippen LogP contribution is 2.22. The minimum atomic E-state index is -0.263. The van der Waals surface area contributed by atoms with Crippen LogP contribution in [0.15, 0.2) is 48.8 Å². The fourth-order valence-corrected chi connectivity index (χ4v) is 2.97. The monoisotopic (exact) mass is 320 g/mol. The molecular formula is C19H20N4O. The Balaban J connectivity index is 1.65. The van der Waals surface area contributed by atoms with Crippen LogP contribution in [0.3, 0.4) is 0 Å². The fraction of sp³-hybridized carbons (Fsp3) is 0.316. The molecule has 5 heteroatoms. The van der Waals surface area contributed by atoms with E-state index in [9.17, 15) is 10.1 Å². The number of piperazine rings is 1. The Morgan fingerprint density at radius 1 is 1.17 bits per heavy atom. The van der Waals surface area contributed by atoms with Crippen LogP contribution in [0.25, 0.3) is 0 Å². The maximum Gasteiger partial charge on any atom is 0.255 e. The number of amides is 1. The molecule has 2 aromatic rings. The first-order valence-electron chi connectivity index (χ1n) is 8.08. The van der Waals surface area contributed by atoms with Gasteiger partial charge in [0.1, 0.15) is 6.04 Å². The Bertz CT molecular complexity index is 728. The van der Waals surface area contributed by atoms with Gasteiger partial charge >= 0.3 is 0 Å². The number of pyridine rings is 1. The molecular weight excluding hydrogens is 300 g/mol. The third kappa shape index (κ3) is 3.44. The van der Waals surface area contributed by atoms with E-state index in [1.807, 2.05) is 36.1 Å². The predicted octanol–water partition coefficient (Wildman–Crippen LogP) is 2.41. The number of carbonyl (C=O) groups excluding carboxylic acids is 1. The molecule has 5 nitrogen and oxygen atoms in total. The third-order valence-electron chi connectivity index (χ3n) is 4.39. The lowest BCUT2D eigenvalue weighted by atomic mass is 10.0. The van der Waals surface area contributed by atoms with Gasteiger partial charge in [-0.1, -0.05) is 29.8 Å². The minimum absolute atomic E-state index is 0.00611. The number of nitriles is 1. The van der Waals surface area contributed by atoms with E-state index in [1.54, 1.807) is 24.5 Å². The lowest BCUT2D eigenvalue weighted by molar-refractivity contribution is 0.0606. The highest BCUT2D eigenvalue weighted by molar-refractivity contribution is 5.93. The van der Waals surface area contributed by atoms with Gasteiger partial charge in [-0.25, -0.2) is 0 Å². The Labute approximate surface area is 142 Å². The first-order chi connectivity index (χ1) is 11.7. The van der Waals surface area contributed by atoms with Gasteiger partial charge in [0.15, 0.2) is 0 Å². The van der Waals surface area contributed by atoms with E-state index in [0.717, 1.165) is 5.56 Å². The average Bonchev–Trinajstić information content (AvgIpc) is 2.64. The second-order valence-electron chi connectivity index (χ2n) is 6.01. The zero-order valence-corrected chi connectivity index (χ0v) is 13.7. The van der Waals surface area contributed by atoms with E-state index in [4.69, 9.17) is 0 Å². The lowest BCUT2D eigenvalue weighted by Gasteiger charge is -2.37. The first-order valence-corrected chi connectivity index (χ1v) is 8.08. The van der Waals surface area contributed by atoms with Gasteiger partial charge in [0, 0.05) is 38.6 Å². The van der Waals surface area contributed by atoms with E-state index in [1.165, 1.54) is 5.56 Å². The summed E-state index contributed by atoms with van der Waals surface area (Å²) in [7, 11) is 0. The summed E-state index contributed by atoms with van der Waals surface area (Å²) in [6.45, 7) is 4.67. The van der Waals surface area contributed by atoms with Gasteiger partial charge in [-0.05, 0) is 24.6 Å². The second kappa shape index (κ2) is 7.24. The van der Waals surface area contributed by atoms with Gasteiger partial charge in [0.05, 0.1) is 11.6 Å². The van der Waals surface area contributed by atoms with Crippen molar-refractivity contribution in [2.24, 2.45) is 0 Å². The summed E-state index contributed by atoms with van der Waals surface area (Å²) in [5.74, 6) is 0.00611. The van der Waals surface area contributed by atoms with Crippen LogP contribution in [-0.4, -0.2) is 46.9 Å². The normalized spacial score (nSPS) is 16.4. The van der Waals surface area contributed by atoms with Crippen molar-refractivity contribution in [2.75, 3.05) is 26.2 Å². The number of nitrogens with zero attached hydrogens (tertiary/aromatic N) is 4. The van der Waals surface area contributed by atoms with Crippen molar-refractivity contribution in [3.63, 3.8) is 0 Å². The molecule has 1 amide bonds. The van der Waals surface area contributed by atoms with Crippen LogP contribution in [0.4, 0.5) is 0 Å². The zero-order chi connectivity index (χ0) is 16.9. The Morgan fingerprint density at radius 2 is 1.88 bits per heavy atom. The molecule has 1 unspecified atom stereocenters. The van der Waals surface area contributed by atoms with Gasteiger partial charge in [-0.2, -0.15) is 5.26 Å². The van der Waals surface area contributed by atoms with Crippen molar-refractivity contribution in [1.29, 1.82) is 5.26 Å². The van der Waals surface area contributed by atoms with Crippen molar-refractivity contribution in [3.8, 4) is 6.07 Å². The SMILES string of the molecule is Cc1ccc(C(C#N)N2CCN(C(=O)c3cccnc3)CC2)cc1. The Morgan fingerprint density at radius 3 is 2.46 bits per heavy atom. The van der Waals surface area contributed by atoms with Gasteiger partial charge in [-0.3, -0.25) is 14.7 Å². The molecule has 0 N–H and O–H groups in total. The second-order valence-corrected chi connectivity index (χ2v) is 6.01. The van der Waals surface area contributed by atoms with Crippen LogP contribution in [0.1, 0.15) is 27.5 Å². The molecule has 1 aromatic heterocycles. The Hall–Kier alpha value is -2.71. The molecule has 122 valence electrons. The minimum Gasteiger partial charge on any atom is -0.336 e. The summed E-state index contributed by atoms with van der Waals surface area (Å²) in [4.78, 5) is 20.4. The molecule has 1 aromatic carbocycles. The van der Waals surface area contributed by atoms with Crippen LogP contribution in [-0.2, 0) is 0 Å². The molecule has 0 spiro atoms. The number of benzene rings is 1. The predicted molar refractivity (Wildman–Crippen MR) is 91.2 cm³/mol. The van der Waals surface area contributed by atoms with Crippen molar-refractivity contribution in [1.82, 2.24) is 14.8 Å². The van der Waals surface area contributed by atoms with Crippen molar-refractivity contribution in [2.45, 2.75) is 13.0 Å². The molecule has 1 aliphatic rings. The van der Waals surface area contributed by atoms with Gasteiger partial charge in [-0.15, -0.1) is 0 Å². The summed E-state index contributed by atoms with van der Waals surface area (Å²) in [5.41, 5.74) is 2.80. The average molecular weight is 320 g/mol. The molecule has 0 saturated carbocycles. The molecule has 1 atom stereocenters. The quantitative estimate of drug-likeness (QED) is 0.871. The lowest BCUT2D eigenvalue weighted by Crippen LogP contribution is -2.49. The third-order valence-corrected chi connectivity index (χ3v) is 4.39. The summed E-state index contributed by atoms with van der Waals surface area (Å²) in [6, 6.07) is 13.8. The Kier molecular flexibility index (Phi) is 4.88. The van der Waals surface area contributed by atoms with E-state index in [-0.39, 0.29) is 11.9 Å². The summed E-state index contributed by atoms with van der Waals surface area (Å²) in [5, 5.41) is 9.57. The molecule has 0 radical (unpaired) electrons. The van der Waals surface area contributed by atoms with Crippen LogP contribution < -0.4 is 0 Å². The van der Waals surface area contributed by atoms with Gasteiger partial charge in [0.25, 0.3) is 5.91 Å². The topological polar surface area (TPSA) is 60.2 Å². The molecule has 1 saturated heterocycles. The van der Waals surface area contributed by atoms with E-state index in [0.29, 0.717) is 31.7 Å². The standard InChI is InChI=1S/C19H20N4O/c1-15-4-6-16(7-5-15)18(13-20)22-9-11-23(12-10-22)19(24)17-3-2-8-21-14-17/h2-8,14,18H,9-12H2,1H3. The van der Waals surface area contributed by atoms with Crippen molar-refractivity contribution in [3.05, 3.63) is 65.5 Å². The summed E-state index contributed by atoms with van der Waals surface area (Å²) in [6.07, 6.45) is 3.26.